The van der Waals surface area contributed by atoms with E-state index in [0.717, 1.165) is 0 Å². The largest absolute Gasteiger partial charge is 0.574 e. The van der Waals surface area contributed by atoms with Gasteiger partial charge < -0.3 is 10.5 Å². The molecule has 0 spiro atoms. The number of ether oxygens (including phenoxy) is 1. The van der Waals surface area contributed by atoms with Crippen molar-refractivity contribution in [2.75, 3.05) is 5.73 Å². The SMILES string of the molecule is Nc1c(Cl)cc(F)nc1OC(F)(F)F. The molecule has 78 valence electrons. The summed E-state index contributed by atoms with van der Waals surface area (Å²) in [6.45, 7) is 0. The number of halogens is 5. The zero-order valence-corrected chi connectivity index (χ0v) is 7.16. The summed E-state index contributed by atoms with van der Waals surface area (Å²) >= 11 is 5.30. The van der Waals surface area contributed by atoms with E-state index in [1.165, 1.54) is 0 Å². The van der Waals surface area contributed by atoms with E-state index in [9.17, 15) is 17.6 Å². The highest BCUT2D eigenvalue weighted by atomic mass is 35.5. The monoisotopic (exact) mass is 230 g/mol. The molecule has 0 unspecified atom stereocenters. The molecule has 14 heavy (non-hydrogen) atoms. The molecular formula is C6H3ClF4N2O. The molecule has 1 heterocycles. The van der Waals surface area contributed by atoms with E-state index in [4.69, 9.17) is 17.3 Å². The van der Waals surface area contributed by atoms with Crippen LogP contribution in [0.5, 0.6) is 5.88 Å². The molecule has 0 saturated carbocycles. The van der Waals surface area contributed by atoms with Gasteiger partial charge in [-0.3, -0.25) is 0 Å². The average Bonchev–Trinajstić information content (AvgIpc) is 1.96. The standard InChI is InChI=1S/C6H3ClF4N2O/c7-2-1-3(8)13-5(4(2)12)14-6(9,10)11/h1H,12H2. The number of alkyl halides is 3. The first-order valence-corrected chi connectivity index (χ1v) is 3.54. The van der Waals surface area contributed by atoms with E-state index in [1.807, 2.05) is 0 Å². The molecule has 1 aromatic rings. The van der Waals surface area contributed by atoms with Crippen molar-refractivity contribution in [1.82, 2.24) is 4.98 Å². The summed E-state index contributed by atoms with van der Waals surface area (Å²) in [6, 6.07) is 0.681. The van der Waals surface area contributed by atoms with E-state index in [0.29, 0.717) is 6.07 Å². The number of pyridine rings is 1. The van der Waals surface area contributed by atoms with Gasteiger partial charge in [-0.2, -0.15) is 9.37 Å². The quantitative estimate of drug-likeness (QED) is 0.595. The Labute approximate surface area is 80.4 Å². The maximum atomic E-state index is 12.5. The zero-order chi connectivity index (χ0) is 10.9. The number of anilines is 1. The molecule has 0 fully saturated rings. The summed E-state index contributed by atoms with van der Waals surface area (Å²) in [5.74, 6) is -2.30. The molecule has 0 atom stereocenters. The smallest absolute Gasteiger partial charge is 0.393 e. The third-order valence-electron chi connectivity index (χ3n) is 1.15. The zero-order valence-electron chi connectivity index (χ0n) is 6.40. The molecule has 0 aliphatic carbocycles. The molecule has 0 amide bonds. The fourth-order valence-corrected chi connectivity index (χ4v) is 0.832. The van der Waals surface area contributed by atoms with Crippen LogP contribution < -0.4 is 10.5 Å². The fraction of sp³-hybridized carbons (Fsp3) is 0.167. The van der Waals surface area contributed by atoms with Gasteiger partial charge >= 0.3 is 6.36 Å². The van der Waals surface area contributed by atoms with Crippen molar-refractivity contribution in [2.24, 2.45) is 0 Å². The van der Waals surface area contributed by atoms with Crippen LogP contribution in [0.2, 0.25) is 5.02 Å². The topological polar surface area (TPSA) is 48.1 Å². The van der Waals surface area contributed by atoms with Crippen LogP contribution in [0.4, 0.5) is 23.2 Å². The molecule has 0 aromatic carbocycles. The minimum Gasteiger partial charge on any atom is -0.393 e. The van der Waals surface area contributed by atoms with Crippen molar-refractivity contribution in [2.45, 2.75) is 6.36 Å². The normalized spacial score (nSPS) is 11.5. The van der Waals surface area contributed by atoms with Crippen LogP contribution >= 0.6 is 11.6 Å². The maximum absolute atomic E-state index is 12.5. The highest BCUT2D eigenvalue weighted by Gasteiger charge is 2.33. The van der Waals surface area contributed by atoms with Gasteiger partial charge in [0.05, 0.1) is 5.02 Å². The third kappa shape index (κ3) is 2.63. The Kier molecular flexibility index (Phi) is 2.70. The van der Waals surface area contributed by atoms with E-state index in [-0.39, 0.29) is 0 Å². The maximum Gasteiger partial charge on any atom is 0.574 e. The van der Waals surface area contributed by atoms with Gasteiger partial charge in [0.1, 0.15) is 5.69 Å². The first-order chi connectivity index (χ1) is 6.29. The fourth-order valence-electron chi connectivity index (χ4n) is 0.661. The summed E-state index contributed by atoms with van der Waals surface area (Å²) in [6.07, 6.45) is -4.99. The summed E-state index contributed by atoms with van der Waals surface area (Å²) < 4.78 is 50.9. The predicted octanol–water partition coefficient (Wildman–Crippen LogP) is 2.35. The van der Waals surface area contributed by atoms with Crippen molar-refractivity contribution in [3.8, 4) is 5.88 Å². The molecule has 0 aliphatic heterocycles. The number of aromatic nitrogens is 1. The van der Waals surface area contributed by atoms with Crippen LogP contribution in [-0.4, -0.2) is 11.3 Å². The molecule has 0 aliphatic rings. The second-order valence-electron chi connectivity index (χ2n) is 2.19. The van der Waals surface area contributed by atoms with E-state index < -0.39 is 28.9 Å². The molecule has 8 heteroatoms. The van der Waals surface area contributed by atoms with Crippen molar-refractivity contribution in [3.63, 3.8) is 0 Å². The van der Waals surface area contributed by atoms with Gasteiger partial charge in [0.2, 0.25) is 11.8 Å². The minimum atomic E-state index is -4.99. The van der Waals surface area contributed by atoms with E-state index in [2.05, 4.69) is 9.72 Å². The lowest BCUT2D eigenvalue weighted by Gasteiger charge is -2.10. The first kappa shape index (κ1) is 10.8. The van der Waals surface area contributed by atoms with Gasteiger partial charge in [-0.1, -0.05) is 11.6 Å². The first-order valence-electron chi connectivity index (χ1n) is 3.17. The van der Waals surface area contributed by atoms with E-state index >= 15 is 0 Å². The highest BCUT2D eigenvalue weighted by Crippen LogP contribution is 2.31. The Morgan fingerprint density at radius 2 is 2.00 bits per heavy atom. The lowest BCUT2D eigenvalue weighted by atomic mass is 10.4. The van der Waals surface area contributed by atoms with Crippen LogP contribution in [0, 0.1) is 5.95 Å². The van der Waals surface area contributed by atoms with Crippen molar-refractivity contribution < 1.29 is 22.3 Å². The van der Waals surface area contributed by atoms with Crippen LogP contribution in [-0.2, 0) is 0 Å². The number of hydrogen-bond donors (Lipinski definition) is 1. The summed E-state index contributed by atoms with van der Waals surface area (Å²) in [5.41, 5.74) is 4.51. The number of nitrogens with zero attached hydrogens (tertiary/aromatic N) is 1. The second kappa shape index (κ2) is 3.49. The molecule has 0 saturated heterocycles. The Balaban J connectivity index is 3.09. The van der Waals surface area contributed by atoms with Crippen LogP contribution in [0.15, 0.2) is 6.07 Å². The van der Waals surface area contributed by atoms with Crippen molar-refractivity contribution in [3.05, 3.63) is 17.0 Å². The summed E-state index contributed by atoms with van der Waals surface area (Å²) in [7, 11) is 0. The third-order valence-corrected chi connectivity index (χ3v) is 1.47. The lowest BCUT2D eigenvalue weighted by molar-refractivity contribution is -0.276. The van der Waals surface area contributed by atoms with Gasteiger partial charge in [0.25, 0.3) is 0 Å². The second-order valence-corrected chi connectivity index (χ2v) is 2.60. The van der Waals surface area contributed by atoms with Gasteiger partial charge in [0, 0.05) is 6.07 Å². The Hall–Kier alpha value is -1.24. The Morgan fingerprint density at radius 1 is 1.43 bits per heavy atom. The van der Waals surface area contributed by atoms with Crippen LogP contribution in [0.25, 0.3) is 0 Å². The highest BCUT2D eigenvalue weighted by molar-refractivity contribution is 6.33. The number of nitrogen functional groups attached to an aromatic ring is 1. The van der Waals surface area contributed by atoms with Crippen LogP contribution in [0.1, 0.15) is 0 Å². The van der Waals surface area contributed by atoms with Gasteiger partial charge in [-0.15, -0.1) is 13.2 Å². The summed E-state index contributed by atoms with van der Waals surface area (Å²) in [4.78, 5) is 2.80. The molecule has 0 bridgehead atoms. The number of hydrogen-bond acceptors (Lipinski definition) is 3. The van der Waals surface area contributed by atoms with Gasteiger partial charge in [-0.25, -0.2) is 0 Å². The lowest BCUT2D eigenvalue weighted by Crippen LogP contribution is -2.19. The van der Waals surface area contributed by atoms with Gasteiger partial charge in [-0.05, 0) is 0 Å². The van der Waals surface area contributed by atoms with Crippen LogP contribution in [0.3, 0.4) is 0 Å². The molecule has 1 rings (SSSR count). The van der Waals surface area contributed by atoms with Gasteiger partial charge in [0.15, 0.2) is 0 Å². The number of nitrogens with two attached hydrogens (primary N) is 1. The molecule has 3 nitrogen and oxygen atoms in total. The van der Waals surface area contributed by atoms with E-state index in [1.54, 1.807) is 0 Å². The Bertz CT molecular complexity index is 354. The summed E-state index contributed by atoms with van der Waals surface area (Å²) in [5, 5.41) is -0.392. The molecular weight excluding hydrogens is 228 g/mol. The van der Waals surface area contributed by atoms with Crippen molar-refractivity contribution in [1.29, 1.82) is 0 Å². The predicted molar refractivity (Wildman–Crippen MR) is 40.3 cm³/mol. The van der Waals surface area contributed by atoms with Crippen molar-refractivity contribution >= 4 is 17.3 Å². The average molecular weight is 231 g/mol. The minimum absolute atomic E-state index is 0.392. The molecule has 0 radical (unpaired) electrons. The Morgan fingerprint density at radius 3 is 2.50 bits per heavy atom. The number of rotatable bonds is 1. The molecule has 1 aromatic heterocycles. The molecule has 2 N–H and O–H groups in total.